The third-order valence-corrected chi connectivity index (χ3v) is 2.60. The summed E-state index contributed by atoms with van der Waals surface area (Å²) < 4.78 is 1.71. The molecule has 5 heteroatoms. The molecular weight excluding hydrogens is 198 g/mol. The van der Waals surface area contributed by atoms with Gasteiger partial charge in [0.1, 0.15) is 0 Å². The topological polar surface area (TPSA) is 47.8 Å². The van der Waals surface area contributed by atoms with E-state index in [2.05, 4.69) is 10.1 Å². The van der Waals surface area contributed by atoms with E-state index in [0.29, 0.717) is 12.1 Å². The smallest absolute Gasteiger partial charge is 0.153 e. The van der Waals surface area contributed by atoms with Crippen LogP contribution in [0.3, 0.4) is 0 Å². The maximum atomic E-state index is 10.4. The zero-order valence-corrected chi connectivity index (χ0v) is 8.49. The van der Waals surface area contributed by atoms with Gasteiger partial charge in [0.05, 0.1) is 29.0 Å². The fraction of sp³-hybridized carbons (Fsp3) is 0.222. The van der Waals surface area contributed by atoms with Crippen LogP contribution in [-0.4, -0.2) is 21.1 Å². The molecule has 0 atom stereocenters. The first kappa shape index (κ1) is 9.08. The molecule has 0 saturated heterocycles. The third kappa shape index (κ3) is 1.88. The molecule has 0 aliphatic heterocycles. The summed E-state index contributed by atoms with van der Waals surface area (Å²) in [6.45, 7) is 2.59. The maximum Gasteiger partial charge on any atom is 0.153 e. The van der Waals surface area contributed by atoms with E-state index in [0.717, 1.165) is 17.0 Å². The van der Waals surface area contributed by atoms with Gasteiger partial charge in [0.2, 0.25) is 0 Å². The van der Waals surface area contributed by atoms with Gasteiger partial charge in [-0.15, -0.1) is 11.3 Å². The minimum absolute atomic E-state index is 0.594. The normalized spacial score (nSPS) is 10.4. The molecule has 2 heterocycles. The van der Waals surface area contributed by atoms with Crippen molar-refractivity contribution in [2.45, 2.75) is 13.5 Å². The zero-order chi connectivity index (χ0) is 9.97. The number of rotatable bonds is 3. The van der Waals surface area contributed by atoms with Gasteiger partial charge in [0.25, 0.3) is 0 Å². The summed E-state index contributed by atoms with van der Waals surface area (Å²) in [7, 11) is 0. The Bertz CT molecular complexity index is 446. The van der Waals surface area contributed by atoms with Crippen molar-refractivity contribution in [3.05, 3.63) is 34.0 Å². The second-order valence-electron chi connectivity index (χ2n) is 2.95. The van der Waals surface area contributed by atoms with Crippen LogP contribution in [0.15, 0.2) is 17.8 Å². The van der Waals surface area contributed by atoms with E-state index in [4.69, 9.17) is 0 Å². The first-order chi connectivity index (χ1) is 6.78. The third-order valence-electron chi connectivity index (χ3n) is 1.78. The van der Waals surface area contributed by atoms with Crippen LogP contribution < -0.4 is 0 Å². The van der Waals surface area contributed by atoms with E-state index < -0.39 is 0 Å². The second-order valence-corrected chi connectivity index (χ2v) is 4.01. The fourth-order valence-corrected chi connectivity index (χ4v) is 1.78. The number of aldehydes is 1. The highest BCUT2D eigenvalue weighted by Gasteiger charge is 2.01. The van der Waals surface area contributed by atoms with Crippen LogP contribution in [0.4, 0.5) is 0 Å². The molecule has 0 spiro atoms. The average molecular weight is 207 g/mol. The summed E-state index contributed by atoms with van der Waals surface area (Å²) in [5.74, 6) is 0. The molecule has 0 radical (unpaired) electrons. The molecular formula is C9H9N3OS. The van der Waals surface area contributed by atoms with E-state index in [1.54, 1.807) is 28.4 Å². The monoisotopic (exact) mass is 207 g/mol. The Morgan fingerprint density at radius 3 is 3.07 bits per heavy atom. The minimum atomic E-state index is 0.594. The maximum absolute atomic E-state index is 10.4. The molecule has 2 aromatic heterocycles. The number of aromatic nitrogens is 3. The number of hydrogen-bond donors (Lipinski definition) is 0. The Labute approximate surface area is 85.2 Å². The minimum Gasteiger partial charge on any atom is -0.298 e. The summed E-state index contributed by atoms with van der Waals surface area (Å²) in [6.07, 6.45) is 4.05. The molecule has 14 heavy (non-hydrogen) atoms. The van der Waals surface area contributed by atoms with Gasteiger partial charge in [-0.05, 0) is 6.92 Å². The Morgan fingerprint density at radius 2 is 2.50 bits per heavy atom. The molecule has 0 aliphatic carbocycles. The second kappa shape index (κ2) is 3.71. The van der Waals surface area contributed by atoms with Gasteiger partial charge in [-0.3, -0.25) is 9.48 Å². The first-order valence-electron chi connectivity index (χ1n) is 4.16. The molecule has 0 saturated carbocycles. The van der Waals surface area contributed by atoms with Crippen LogP contribution in [0.2, 0.25) is 0 Å². The molecule has 2 rings (SSSR count). The molecule has 0 N–H and O–H groups in total. The van der Waals surface area contributed by atoms with Gasteiger partial charge in [-0.25, -0.2) is 4.98 Å². The van der Waals surface area contributed by atoms with Crippen molar-refractivity contribution in [1.29, 1.82) is 0 Å². The Kier molecular flexibility index (Phi) is 2.41. The van der Waals surface area contributed by atoms with Crippen molar-refractivity contribution in [1.82, 2.24) is 14.8 Å². The number of carbonyl (C=O) groups is 1. The molecule has 2 aromatic rings. The Morgan fingerprint density at radius 1 is 1.64 bits per heavy atom. The molecule has 0 bridgehead atoms. The van der Waals surface area contributed by atoms with Gasteiger partial charge >= 0.3 is 0 Å². The molecule has 0 unspecified atom stereocenters. The van der Waals surface area contributed by atoms with Crippen LogP contribution in [0.1, 0.15) is 21.1 Å². The number of thiazole rings is 1. The quantitative estimate of drug-likeness (QED) is 0.717. The van der Waals surface area contributed by atoms with Crippen LogP contribution in [0.5, 0.6) is 0 Å². The van der Waals surface area contributed by atoms with Crippen molar-refractivity contribution >= 4 is 17.6 Å². The molecule has 0 aromatic carbocycles. The first-order valence-corrected chi connectivity index (χ1v) is 5.04. The molecule has 0 fully saturated rings. The summed E-state index contributed by atoms with van der Waals surface area (Å²) in [5.41, 5.74) is 1.57. The van der Waals surface area contributed by atoms with Gasteiger partial charge in [-0.1, -0.05) is 0 Å². The Balaban J connectivity index is 2.14. The van der Waals surface area contributed by atoms with Crippen molar-refractivity contribution in [2.75, 3.05) is 0 Å². The number of hydrogen-bond acceptors (Lipinski definition) is 4. The van der Waals surface area contributed by atoms with Crippen LogP contribution in [0, 0.1) is 6.92 Å². The summed E-state index contributed by atoms with van der Waals surface area (Å²) in [6, 6.07) is 0. The lowest BCUT2D eigenvalue weighted by Gasteiger charge is -1.95. The fourth-order valence-electron chi connectivity index (χ4n) is 1.17. The predicted octanol–water partition coefficient (Wildman–Crippen LogP) is 1.51. The highest BCUT2D eigenvalue weighted by Crippen LogP contribution is 2.09. The lowest BCUT2D eigenvalue weighted by Crippen LogP contribution is -1.99. The van der Waals surface area contributed by atoms with Crippen LogP contribution in [0.25, 0.3) is 0 Å². The van der Waals surface area contributed by atoms with E-state index in [9.17, 15) is 4.79 Å². The number of aryl methyl sites for hydroxylation is 1. The highest BCUT2D eigenvalue weighted by atomic mass is 32.1. The van der Waals surface area contributed by atoms with E-state index in [1.807, 2.05) is 12.3 Å². The van der Waals surface area contributed by atoms with Gasteiger partial charge < -0.3 is 0 Å². The van der Waals surface area contributed by atoms with Crippen molar-refractivity contribution in [3.63, 3.8) is 0 Å². The van der Waals surface area contributed by atoms with E-state index >= 15 is 0 Å². The summed E-state index contributed by atoms with van der Waals surface area (Å²) in [4.78, 5) is 14.7. The average Bonchev–Trinajstić information content (AvgIpc) is 2.76. The van der Waals surface area contributed by atoms with Gasteiger partial charge in [0, 0.05) is 11.6 Å². The van der Waals surface area contributed by atoms with Gasteiger partial charge in [0.15, 0.2) is 6.29 Å². The molecule has 72 valence electrons. The molecule has 0 amide bonds. The SMILES string of the molecule is Cc1nc(Cn2cc(C=O)cn2)cs1. The van der Waals surface area contributed by atoms with Crippen molar-refractivity contribution in [2.24, 2.45) is 0 Å². The Hall–Kier alpha value is -1.49. The van der Waals surface area contributed by atoms with Crippen LogP contribution >= 0.6 is 11.3 Å². The van der Waals surface area contributed by atoms with Crippen molar-refractivity contribution < 1.29 is 4.79 Å². The lowest BCUT2D eigenvalue weighted by molar-refractivity contribution is 0.112. The molecule has 4 nitrogen and oxygen atoms in total. The number of carbonyl (C=O) groups excluding carboxylic acids is 1. The summed E-state index contributed by atoms with van der Waals surface area (Å²) >= 11 is 1.61. The number of nitrogens with zero attached hydrogens (tertiary/aromatic N) is 3. The standard InChI is InChI=1S/C9H9N3OS/c1-7-11-9(6-14-7)4-12-3-8(5-13)2-10-12/h2-3,5-6H,4H2,1H3. The van der Waals surface area contributed by atoms with Crippen molar-refractivity contribution in [3.8, 4) is 0 Å². The van der Waals surface area contributed by atoms with Crippen LogP contribution in [-0.2, 0) is 6.54 Å². The zero-order valence-electron chi connectivity index (χ0n) is 7.67. The van der Waals surface area contributed by atoms with E-state index in [-0.39, 0.29) is 0 Å². The predicted molar refractivity (Wildman–Crippen MR) is 53.6 cm³/mol. The summed E-state index contributed by atoms with van der Waals surface area (Å²) in [5, 5.41) is 7.08. The van der Waals surface area contributed by atoms with Gasteiger partial charge in [-0.2, -0.15) is 5.10 Å². The van der Waals surface area contributed by atoms with E-state index in [1.165, 1.54) is 0 Å². The molecule has 0 aliphatic rings. The lowest BCUT2D eigenvalue weighted by atomic mass is 10.4. The highest BCUT2D eigenvalue weighted by molar-refractivity contribution is 7.09. The largest absolute Gasteiger partial charge is 0.298 e.